The summed E-state index contributed by atoms with van der Waals surface area (Å²) in [5, 5.41) is 6.25. The van der Waals surface area contributed by atoms with Gasteiger partial charge in [-0.15, -0.1) is 0 Å². The molecule has 0 saturated heterocycles. The molecule has 2 aromatic carbocycles. The van der Waals surface area contributed by atoms with Crippen molar-refractivity contribution < 1.29 is 4.79 Å². The van der Waals surface area contributed by atoms with E-state index in [1.807, 2.05) is 25.3 Å². The van der Waals surface area contributed by atoms with Crippen molar-refractivity contribution in [2.75, 3.05) is 11.9 Å². The van der Waals surface area contributed by atoms with Gasteiger partial charge >= 0.3 is 0 Å². The smallest absolute Gasteiger partial charge is 0.238 e. The number of aromatic nitrogens is 1. The van der Waals surface area contributed by atoms with Gasteiger partial charge in [-0.2, -0.15) is 0 Å². The fourth-order valence-corrected chi connectivity index (χ4v) is 3.35. The summed E-state index contributed by atoms with van der Waals surface area (Å²) < 4.78 is 0. The van der Waals surface area contributed by atoms with Gasteiger partial charge in [0.05, 0.1) is 17.9 Å². The van der Waals surface area contributed by atoms with Crippen LogP contribution in [0.4, 0.5) is 5.69 Å². The zero-order valence-electron chi connectivity index (χ0n) is 17.5. The molecule has 0 bridgehead atoms. The van der Waals surface area contributed by atoms with Crippen molar-refractivity contribution in [3.05, 3.63) is 83.2 Å². The van der Waals surface area contributed by atoms with E-state index in [0.717, 1.165) is 35.3 Å². The van der Waals surface area contributed by atoms with Crippen molar-refractivity contribution in [3.63, 3.8) is 0 Å². The van der Waals surface area contributed by atoms with Crippen LogP contribution in [0.2, 0.25) is 0 Å². The van der Waals surface area contributed by atoms with Gasteiger partial charge in [0.15, 0.2) is 0 Å². The highest BCUT2D eigenvalue weighted by Crippen LogP contribution is 2.25. The van der Waals surface area contributed by atoms with E-state index >= 15 is 0 Å². The molecule has 4 nitrogen and oxygen atoms in total. The molecule has 0 spiro atoms. The number of pyridine rings is 1. The Balaban J connectivity index is 1.67. The van der Waals surface area contributed by atoms with Crippen molar-refractivity contribution in [1.82, 2.24) is 10.3 Å². The zero-order valence-corrected chi connectivity index (χ0v) is 17.5. The Morgan fingerprint density at radius 3 is 2.48 bits per heavy atom. The van der Waals surface area contributed by atoms with E-state index < -0.39 is 0 Å². The molecular formula is C25H29N3O. The summed E-state index contributed by atoms with van der Waals surface area (Å²) in [4.78, 5) is 17.1. The first-order valence-corrected chi connectivity index (χ1v) is 10.2. The minimum Gasteiger partial charge on any atom is -0.323 e. The third kappa shape index (κ3) is 5.75. The molecule has 0 radical (unpaired) electrons. The Morgan fingerprint density at radius 1 is 0.931 bits per heavy atom. The number of benzene rings is 2. The normalized spacial score (nSPS) is 10.7. The third-order valence-electron chi connectivity index (χ3n) is 4.94. The Hall–Kier alpha value is -2.98. The number of rotatable bonds is 8. The number of nitrogens with one attached hydrogen (secondary N) is 2. The first-order chi connectivity index (χ1) is 14.1. The lowest BCUT2D eigenvalue weighted by Crippen LogP contribution is -2.28. The average Bonchev–Trinajstić information content (AvgIpc) is 2.74. The zero-order chi connectivity index (χ0) is 20.6. The summed E-state index contributed by atoms with van der Waals surface area (Å²) in [5.41, 5.74) is 7.49. The lowest BCUT2D eigenvalue weighted by molar-refractivity contribution is -0.115. The maximum Gasteiger partial charge on any atom is 0.238 e. The van der Waals surface area contributed by atoms with Crippen molar-refractivity contribution in [1.29, 1.82) is 0 Å². The summed E-state index contributed by atoms with van der Waals surface area (Å²) in [5.74, 6) is -0.0615. The predicted molar refractivity (Wildman–Crippen MR) is 120 cm³/mol. The molecule has 1 aromatic heterocycles. The van der Waals surface area contributed by atoms with Gasteiger partial charge in [-0.05, 0) is 42.5 Å². The summed E-state index contributed by atoms with van der Waals surface area (Å²) in [6, 6.07) is 18.8. The number of hydrogen-bond acceptors (Lipinski definition) is 3. The predicted octanol–water partition coefficient (Wildman–Crippen LogP) is 4.91. The maximum absolute atomic E-state index is 12.5. The SMILES string of the molecule is CCc1cccc(-c2cnc(CC)c(NC(=O)CNCc3cccc(C)c3)c2)c1. The summed E-state index contributed by atoms with van der Waals surface area (Å²) in [6.45, 7) is 7.18. The molecular weight excluding hydrogens is 358 g/mol. The average molecular weight is 388 g/mol. The van der Waals surface area contributed by atoms with Crippen molar-refractivity contribution >= 4 is 11.6 Å². The Labute approximate surface area is 173 Å². The third-order valence-corrected chi connectivity index (χ3v) is 4.94. The second kappa shape index (κ2) is 9.99. The molecule has 2 N–H and O–H groups in total. The molecule has 4 heteroatoms. The van der Waals surface area contributed by atoms with Crippen molar-refractivity contribution in [3.8, 4) is 11.1 Å². The van der Waals surface area contributed by atoms with Crippen LogP contribution in [0.15, 0.2) is 60.8 Å². The van der Waals surface area contributed by atoms with Gasteiger partial charge in [0.1, 0.15) is 0 Å². The highest BCUT2D eigenvalue weighted by atomic mass is 16.1. The van der Waals surface area contributed by atoms with Crippen LogP contribution in [-0.4, -0.2) is 17.4 Å². The molecule has 0 aliphatic carbocycles. The van der Waals surface area contributed by atoms with Crippen LogP contribution in [-0.2, 0) is 24.2 Å². The second-order valence-electron chi connectivity index (χ2n) is 7.27. The van der Waals surface area contributed by atoms with Crippen LogP contribution in [0, 0.1) is 6.92 Å². The van der Waals surface area contributed by atoms with Gasteiger partial charge < -0.3 is 10.6 Å². The van der Waals surface area contributed by atoms with Gasteiger partial charge in [0.2, 0.25) is 5.91 Å². The first kappa shape index (κ1) is 20.7. The topological polar surface area (TPSA) is 54.0 Å². The summed E-state index contributed by atoms with van der Waals surface area (Å²) in [6.07, 6.45) is 3.64. The number of amides is 1. The minimum absolute atomic E-state index is 0.0615. The number of carbonyl (C=O) groups is 1. The van der Waals surface area contributed by atoms with E-state index in [4.69, 9.17) is 0 Å². The van der Waals surface area contributed by atoms with E-state index in [1.165, 1.54) is 16.7 Å². The van der Waals surface area contributed by atoms with Gasteiger partial charge in [-0.1, -0.05) is 67.9 Å². The number of anilines is 1. The lowest BCUT2D eigenvalue weighted by atomic mass is 10.0. The minimum atomic E-state index is -0.0615. The van der Waals surface area contributed by atoms with Gasteiger partial charge in [0.25, 0.3) is 0 Å². The van der Waals surface area contributed by atoms with Crippen LogP contribution in [0.25, 0.3) is 11.1 Å². The summed E-state index contributed by atoms with van der Waals surface area (Å²) in [7, 11) is 0. The van der Waals surface area contributed by atoms with E-state index in [-0.39, 0.29) is 12.5 Å². The molecule has 0 aliphatic rings. The van der Waals surface area contributed by atoms with Crippen LogP contribution in [0.5, 0.6) is 0 Å². The Kier molecular flexibility index (Phi) is 7.14. The van der Waals surface area contributed by atoms with E-state index in [0.29, 0.717) is 6.54 Å². The van der Waals surface area contributed by atoms with Crippen molar-refractivity contribution in [2.45, 2.75) is 40.2 Å². The van der Waals surface area contributed by atoms with Gasteiger partial charge in [-0.3, -0.25) is 9.78 Å². The molecule has 3 aromatic rings. The maximum atomic E-state index is 12.5. The van der Waals surface area contributed by atoms with Crippen LogP contribution in [0.1, 0.15) is 36.2 Å². The molecule has 150 valence electrons. The number of carbonyl (C=O) groups excluding carboxylic acids is 1. The van der Waals surface area contributed by atoms with Crippen molar-refractivity contribution in [2.24, 2.45) is 0 Å². The van der Waals surface area contributed by atoms with E-state index in [1.54, 1.807) is 0 Å². The monoisotopic (exact) mass is 387 g/mol. The fraction of sp³-hybridized carbons (Fsp3) is 0.280. The molecule has 1 heterocycles. The van der Waals surface area contributed by atoms with Crippen LogP contribution >= 0.6 is 0 Å². The standard InChI is InChI=1S/C25H29N3O/c1-4-19-9-7-11-21(13-19)22-14-24(23(5-2)27-16-22)28-25(29)17-26-15-20-10-6-8-18(3)12-20/h6-14,16,26H,4-5,15,17H2,1-3H3,(H,28,29). The molecule has 0 atom stereocenters. The van der Waals surface area contributed by atoms with E-state index in [9.17, 15) is 4.79 Å². The molecule has 1 amide bonds. The second-order valence-corrected chi connectivity index (χ2v) is 7.27. The van der Waals surface area contributed by atoms with E-state index in [2.05, 4.69) is 71.9 Å². The van der Waals surface area contributed by atoms with Gasteiger partial charge in [-0.25, -0.2) is 0 Å². The highest BCUT2D eigenvalue weighted by molar-refractivity contribution is 5.93. The highest BCUT2D eigenvalue weighted by Gasteiger charge is 2.10. The lowest BCUT2D eigenvalue weighted by Gasteiger charge is -2.13. The number of nitrogens with zero attached hydrogens (tertiary/aromatic N) is 1. The Bertz CT molecular complexity index is 981. The molecule has 0 aliphatic heterocycles. The Morgan fingerprint density at radius 2 is 1.72 bits per heavy atom. The number of aryl methyl sites for hydroxylation is 3. The molecule has 3 rings (SSSR count). The quantitative estimate of drug-likeness (QED) is 0.577. The molecule has 0 unspecified atom stereocenters. The fourth-order valence-electron chi connectivity index (χ4n) is 3.35. The van der Waals surface area contributed by atoms with Crippen LogP contribution in [0.3, 0.4) is 0 Å². The number of hydrogen-bond donors (Lipinski definition) is 2. The summed E-state index contributed by atoms with van der Waals surface area (Å²) >= 11 is 0. The van der Waals surface area contributed by atoms with Gasteiger partial charge in [0, 0.05) is 18.3 Å². The molecule has 29 heavy (non-hydrogen) atoms. The first-order valence-electron chi connectivity index (χ1n) is 10.2. The molecule has 0 fully saturated rings. The largest absolute Gasteiger partial charge is 0.323 e. The molecule has 0 saturated carbocycles. The van der Waals surface area contributed by atoms with Crippen LogP contribution < -0.4 is 10.6 Å².